The molecule has 0 bridgehead atoms. The van der Waals surface area contributed by atoms with Gasteiger partial charge in [0.1, 0.15) is 11.9 Å². The molecule has 0 radical (unpaired) electrons. The van der Waals surface area contributed by atoms with Gasteiger partial charge in [-0.25, -0.2) is 12.8 Å². The van der Waals surface area contributed by atoms with Crippen molar-refractivity contribution in [1.82, 2.24) is 4.31 Å². The van der Waals surface area contributed by atoms with Gasteiger partial charge < -0.3 is 15.4 Å². The smallest absolute Gasteiger partial charge is 0.251 e. The Morgan fingerprint density at radius 1 is 0.909 bits per heavy atom. The lowest BCUT2D eigenvalue weighted by atomic mass is 10.1. The lowest BCUT2D eigenvalue weighted by molar-refractivity contribution is -0.117. The minimum atomic E-state index is -3.68. The van der Waals surface area contributed by atoms with E-state index in [9.17, 15) is 17.6 Å². The van der Waals surface area contributed by atoms with Crippen molar-refractivity contribution in [3.8, 4) is 0 Å². The van der Waals surface area contributed by atoms with Gasteiger partial charge in [-0.2, -0.15) is 4.31 Å². The van der Waals surface area contributed by atoms with Crippen LogP contribution in [0.3, 0.4) is 0 Å². The number of carbonyl (C=O) groups excluding carboxylic acids is 1. The van der Waals surface area contributed by atoms with E-state index in [1.807, 2.05) is 18.2 Å². The van der Waals surface area contributed by atoms with Crippen LogP contribution in [-0.4, -0.2) is 44.9 Å². The summed E-state index contributed by atoms with van der Waals surface area (Å²) in [6.45, 7) is 1.31. The van der Waals surface area contributed by atoms with Crippen LogP contribution in [-0.2, 0) is 19.6 Å². The molecule has 33 heavy (non-hydrogen) atoms. The van der Waals surface area contributed by atoms with Gasteiger partial charge in [-0.1, -0.05) is 36.4 Å². The monoisotopic (exact) mass is 469 g/mol. The van der Waals surface area contributed by atoms with Crippen molar-refractivity contribution in [2.24, 2.45) is 0 Å². The number of amides is 1. The molecule has 1 saturated heterocycles. The summed E-state index contributed by atoms with van der Waals surface area (Å²) >= 11 is 0. The number of hydrogen-bond donors (Lipinski definition) is 2. The van der Waals surface area contributed by atoms with Gasteiger partial charge >= 0.3 is 0 Å². The number of carbonyl (C=O) groups is 1. The Morgan fingerprint density at radius 2 is 1.61 bits per heavy atom. The summed E-state index contributed by atoms with van der Waals surface area (Å²) in [7, 11) is -3.68. The minimum absolute atomic E-state index is 0.139. The highest BCUT2D eigenvalue weighted by Crippen LogP contribution is 2.25. The number of morpholine rings is 1. The van der Waals surface area contributed by atoms with Crippen LogP contribution in [0.2, 0.25) is 0 Å². The molecule has 1 heterocycles. The van der Waals surface area contributed by atoms with E-state index in [0.29, 0.717) is 43.2 Å². The van der Waals surface area contributed by atoms with Crippen molar-refractivity contribution in [1.29, 1.82) is 0 Å². The normalized spacial score (nSPS) is 15.5. The molecule has 0 spiro atoms. The van der Waals surface area contributed by atoms with Gasteiger partial charge in [0.15, 0.2) is 0 Å². The van der Waals surface area contributed by atoms with E-state index in [-0.39, 0.29) is 10.8 Å². The standard InChI is InChI=1S/C24H24FN3O4S/c25-19-9-11-20(12-10-19)27-24(29)23(18-5-2-1-3-6-18)26-21-7-4-8-22(17-21)33(30,31)28-13-15-32-16-14-28/h1-12,17,23,26H,13-16H2,(H,27,29)/t23-/m0/s1. The molecule has 0 saturated carbocycles. The predicted molar refractivity (Wildman–Crippen MR) is 124 cm³/mol. The zero-order valence-corrected chi connectivity index (χ0v) is 18.6. The van der Waals surface area contributed by atoms with Crippen molar-refractivity contribution in [3.63, 3.8) is 0 Å². The molecule has 0 unspecified atom stereocenters. The van der Waals surface area contributed by atoms with Crippen molar-refractivity contribution in [2.45, 2.75) is 10.9 Å². The number of anilines is 2. The molecule has 1 aliphatic rings. The molecule has 7 nitrogen and oxygen atoms in total. The SMILES string of the molecule is O=C(Nc1ccc(F)cc1)[C@@H](Nc1cccc(S(=O)(=O)N2CCOCC2)c1)c1ccccc1. The fourth-order valence-corrected chi connectivity index (χ4v) is 5.00. The van der Waals surface area contributed by atoms with E-state index in [1.54, 1.807) is 24.3 Å². The molecular weight excluding hydrogens is 445 g/mol. The molecule has 9 heteroatoms. The second kappa shape index (κ2) is 10.1. The Balaban J connectivity index is 1.59. The first-order valence-electron chi connectivity index (χ1n) is 10.5. The molecule has 0 aromatic heterocycles. The molecule has 2 N–H and O–H groups in total. The number of halogens is 1. The quantitative estimate of drug-likeness (QED) is 0.552. The summed E-state index contributed by atoms with van der Waals surface area (Å²) in [5.74, 6) is -0.765. The molecule has 3 aromatic rings. The van der Waals surface area contributed by atoms with Crippen LogP contribution >= 0.6 is 0 Å². The number of sulfonamides is 1. The fraction of sp³-hybridized carbons (Fsp3) is 0.208. The maximum absolute atomic E-state index is 13.2. The Labute approximate surface area is 192 Å². The molecule has 0 aliphatic carbocycles. The van der Waals surface area contributed by atoms with Crippen molar-refractivity contribution < 1.29 is 22.3 Å². The summed E-state index contributed by atoms with van der Waals surface area (Å²) in [4.78, 5) is 13.3. The first kappa shape index (κ1) is 22.9. The summed E-state index contributed by atoms with van der Waals surface area (Å²) in [5, 5.41) is 5.92. The van der Waals surface area contributed by atoms with E-state index in [2.05, 4.69) is 10.6 Å². The molecular formula is C24H24FN3O4S. The number of ether oxygens (including phenoxy) is 1. The number of benzene rings is 3. The van der Waals surface area contributed by atoms with E-state index in [1.165, 1.54) is 40.7 Å². The summed E-state index contributed by atoms with van der Waals surface area (Å²) in [6.07, 6.45) is 0. The van der Waals surface area contributed by atoms with Gasteiger partial charge in [0.25, 0.3) is 5.91 Å². The molecule has 1 aliphatic heterocycles. The van der Waals surface area contributed by atoms with E-state index < -0.39 is 21.9 Å². The maximum atomic E-state index is 13.2. The minimum Gasteiger partial charge on any atom is -0.379 e. The van der Waals surface area contributed by atoms with Crippen molar-refractivity contribution in [3.05, 3.63) is 90.2 Å². The van der Waals surface area contributed by atoms with Gasteiger partial charge in [0.2, 0.25) is 10.0 Å². The van der Waals surface area contributed by atoms with Gasteiger partial charge in [-0.3, -0.25) is 4.79 Å². The molecule has 3 aromatic carbocycles. The Morgan fingerprint density at radius 3 is 2.30 bits per heavy atom. The molecule has 1 amide bonds. The second-order valence-electron chi connectivity index (χ2n) is 7.53. The van der Waals surface area contributed by atoms with Crippen LogP contribution in [0.25, 0.3) is 0 Å². The molecule has 4 rings (SSSR count). The maximum Gasteiger partial charge on any atom is 0.251 e. The van der Waals surface area contributed by atoms with Crippen LogP contribution in [0.4, 0.5) is 15.8 Å². The van der Waals surface area contributed by atoms with Gasteiger partial charge in [-0.15, -0.1) is 0 Å². The van der Waals surface area contributed by atoms with Gasteiger partial charge in [-0.05, 0) is 48.0 Å². The third-order valence-corrected chi connectivity index (χ3v) is 7.15. The average Bonchev–Trinajstić information content (AvgIpc) is 2.85. The van der Waals surface area contributed by atoms with Gasteiger partial charge in [0, 0.05) is 24.5 Å². The first-order valence-corrected chi connectivity index (χ1v) is 11.9. The molecule has 1 fully saturated rings. The van der Waals surface area contributed by atoms with E-state index >= 15 is 0 Å². The lowest BCUT2D eigenvalue weighted by Crippen LogP contribution is -2.40. The average molecular weight is 470 g/mol. The Hall–Kier alpha value is -3.27. The number of hydrogen-bond acceptors (Lipinski definition) is 5. The molecule has 1 atom stereocenters. The lowest BCUT2D eigenvalue weighted by Gasteiger charge is -2.26. The first-order chi connectivity index (χ1) is 15.9. The zero-order chi connectivity index (χ0) is 23.3. The van der Waals surface area contributed by atoms with E-state index in [0.717, 1.165) is 0 Å². The third kappa shape index (κ3) is 5.57. The van der Waals surface area contributed by atoms with Crippen LogP contribution in [0.5, 0.6) is 0 Å². The van der Waals surface area contributed by atoms with Gasteiger partial charge in [0.05, 0.1) is 18.1 Å². The highest BCUT2D eigenvalue weighted by atomic mass is 32.2. The highest BCUT2D eigenvalue weighted by molar-refractivity contribution is 7.89. The van der Waals surface area contributed by atoms with Crippen LogP contribution < -0.4 is 10.6 Å². The topological polar surface area (TPSA) is 87.7 Å². The summed E-state index contributed by atoms with van der Waals surface area (Å²) in [5.41, 5.74) is 1.62. The summed E-state index contributed by atoms with van der Waals surface area (Å²) in [6, 6.07) is 20.1. The van der Waals surface area contributed by atoms with Crippen LogP contribution in [0.1, 0.15) is 11.6 Å². The zero-order valence-electron chi connectivity index (χ0n) is 17.8. The fourth-order valence-electron chi connectivity index (χ4n) is 3.54. The van der Waals surface area contributed by atoms with Crippen molar-refractivity contribution >= 4 is 27.3 Å². The van der Waals surface area contributed by atoms with E-state index in [4.69, 9.17) is 4.74 Å². The number of rotatable bonds is 7. The largest absolute Gasteiger partial charge is 0.379 e. The number of nitrogens with one attached hydrogen (secondary N) is 2. The Kier molecular flexibility index (Phi) is 7.02. The Bertz CT molecular complexity index is 1200. The number of nitrogens with zero attached hydrogens (tertiary/aromatic N) is 1. The van der Waals surface area contributed by atoms with Crippen LogP contribution in [0, 0.1) is 5.82 Å². The van der Waals surface area contributed by atoms with Crippen molar-refractivity contribution in [2.75, 3.05) is 36.9 Å². The second-order valence-corrected chi connectivity index (χ2v) is 9.47. The summed E-state index contributed by atoms with van der Waals surface area (Å²) < 4.78 is 45.9. The third-order valence-electron chi connectivity index (χ3n) is 5.26. The molecule has 172 valence electrons. The van der Waals surface area contributed by atoms with Crippen LogP contribution in [0.15, 0.2) is 83.8 Å². The predicted octanol–water partition coefficient (Wildman–Crippen LogP) is 3.64. The highest BCUT2D eigenvalue weighted by Gasteiger charge is 2.27.